The second-order valence-electron chi connectivity index (χ2n) is 10.8. The van der Waals surface area contributed by atoms with Crippen molar-refractivity contribution in [1.82, 2.24) is 14.8 Å². The van der Waals surface area contributed by atoms with E-state index >= 15 is 0 Å². The van der Waals surface area contributed by atoms with Gasteiger partial charge in [-0.2, -0.15) is 0 Å². The van der Waals surface area contributed by atoms with E-state index in [9.17, 15) is 4.79 Å². The highest BCUT2D eigenvalue weighted by Gasteiger charge is 2.35. The van der Waals surface area contributed by atoms with Crippen LogP contribution < -0.4 is 14.2 Å². The molecule has 3 aliphatic rings. The summed E-state index contributed by atoms with van der Waals surface area (Å²) in [4.78, 5) is 22.1. The predicted octanol–water partition coefficient (Wildman–Crippen LogP) is 6.10. The number of likely N-dealkylation sites (tertiary alicyclic amines) is 1. The lowest BCUT2D eigenvalue weighted by molar-refractivity contribution is -0.0439. The molecule has 1 saturated carbocycles. The number of amides is 1. The van der Waals surface area contributed by atoms with Crippen molar-refractivity contribution in [2.75, 3.05) is 27.2 Å². The van der Waals surface area contributed by atoms with Gasteiger partial charge in [-0.3, -0.25) is 9.78 Å². The lowest BCUT2D eigenvalue weighted by atomic mass is 9.92. The molecule has 3 heterocycles. The van der Waals surface area contributed by atoms with Crippen LogP contribution in [0.2, 0.25) is 0 Å². The first-order chi connectivity index (χ1) is 18.2. The van der Waals surface area contributed by atoms with Gasteiger partial charge in [0, 0.05) is 38.2 Å². The van der Waals surface area contributed by atoms with Gasteiger partial charge in [-0.05, 0) is 75.9 Å². The van der Waals surface area contributed by atoms with Crippen molar-refractivity contribution < 1.29 is 19.0 Å². The highest BCUT2D eigenvalue weighted by Crippen LogP contribution is 2.46. The molecule has 1 aromatic heterocycles. The highest BCUT2D eigenvalue weighted by molar-refractivity contribution is 5.95. The number of pyridine rings is 1. The number of nitrogens with zero attached hydrogens (tertiary/aromatic N) is 3. The summed E-state index contributed by atoms with van der Waals surface area (Å²) >= 11 is 0. The van der Waals surface area contributed by atoms with Gasteiger partial charge in [0.15, 0.2) is 11.5 Å². The van der Waals surface area contributed by atoms with E-state index in [2.05, 4.69) is 11.8 Å². The van der Waals surface area contributed by atoms with E-state index in [1.165, 1.54) is 45.2 Å². The van der Waals surface area contributed by atoms with Crippen molar-refractivity contribution in [3.63, 3.8) is 0 Å². The SMILES string of the molecule is C/C=C\c1ccc(CN(C)C(=O)c2cc(OC)c3c(c2)OC(C)(C)O3)nc1CC.C1CC(N2CCCC2)C1. The molecule has 0 bridgehead atoms. The van der Waals surface area contributed by atoms with Crippen molar-refractivity contribution in [2.24, 2.45) is 0 Å². The van der Waals surface area contributed by atoms with E-state index in [4.69, 9.17) is 19.2 Å². The number of carbonyl (C=O) groups excluding carboxylic acids is 1. The van der Waals surface area contributed by atoms with Gasteiger partial charge in [0.2, 0.25) is 11.5 Å². The summed E-state index contributed by atoms with van der Waals surface area (Å²) in [5.41, 5.74) is 3.45. The Kier molecular flexibility index (Phi) is 8.98. The Hall–Kier alpha value is -3.06. The highest BCUT2D eigenvalue weighted by atomic mass is 16.7. The largest absolute Gasteiger partial charge is 0.493 e. The van der Waals surface area contributed by atoms with E-state index in [0.29, 0.717) is 29.4 Å². The first-order valence-electron chi connectivity index (χ1n) is 14.0. The molecule has 2 fully saturated rings. The standard InChI is InChI=1S/C23H28N2O4.C8H15N/c1-7-9-15-10-11-17(24-18(15)8-2)14-25(5)22(26)16-12-19(27-6)21-20(13-16)28-23(3,4)29-21;1-2-7-9(6-1)8-4-3-5-8/h7,9-13H,8,14H2,1-6H3;8H,1-7H2/b9-7-;. The maximum atomic E-state index is 13.0. The first kappa shape index (κ1) is 28.0. The number of aromatic nitrogens is 1. The molecule has 0 N–H and O–H groups in total. The van der Waals surface area contributed by atoms with Crippen LogP contribution in [0.1, 0.15) is 87.1 Å². The van der Waals surface area contributed by atoms with Gasteiger partial charge in [-0.15, -0.1) is 0 Å². The number of rotatable bonds is 7. The third-order valence-corrected chi connectivity index (χ3v) is 7.42. The number of carbonyl (C=O) groups is 1. The number of fused-ring (bicyclic) bond motifs is 1. The Morgan fingerprint density at radius 1 is 1.18 bits per heavy atom. The quantitative estimate of drug-likeness (QED) is 0.439. The average molecular weight is 522 g/mol. The number of hydrogen-bond donors (Lipinski definition) is 0. The molecule has 206 valence electrons. The Balaban J connectivity index is 0.000000311. The lowest BCUT2D eigenvalue weighted by Gasteiger charge is -2.34. The summed E-state index contributed by atoms with van der Waals surface area (Å²) in [7, 11) is 3.31. The minimum absolute atomic E-state index is 0.142. The van der Waals surface area contributed by atoms with Gasteiger partial charge < -0.3 is 24.0 Å². The summed E-state index contributed by atoms with van der Waals surface area (Å²) in [6.07, 6.45) is 12.2. The number of allylic oxidation sites excluding steroid dienone is 1. The molecule has 0 unspecified atom stereocenters. The van der Waals surface area contributed by atoms with Gasteiger partial charge in [0.05, 0.1) is 19.3 Å². The third kappa shape index (κ3) is 6.49. The molecular formula is C31H43N3O4. The second-order valence-corrected chi connectivity index (χ2v) is 10.8. The molecule has 2 aromatic rings. The van der Waals surface area contributed by atoms with E-state index in [-0.39, 0.29) is 5.91 Å². The Morgan fingerprint density at radius 3 is 2.53 bits per heavy atom. The van der Waals surface area contributed by atoms with Crippen LogP contribution in [0.15, 0.2) is 30.3 Å². The average Bonchev–Trinajstić information content (AvgIpc) is 3.49. The molecule has 7 nitrogen and oxygen atoms in total. The van der Waals surface area contributed by atoms with Crippen LogP contribution in [0, 0.1) is 0 Å². The zero-order chi connectivity index (χ0) is 27.3. The summed E-state index contributed by atoms with van der Waals surface area (Å²) in [5, 5.41) is 0. The zero-order valence-corrected chi connectivity index (χ0v) is 23.9. The van der Waals surface area contributed by atoms with Crippen LogP contribution in [-0.4, -0.2) is 59.8 Å². The molecule has 0 atom stereocenters. The molecular weight excluding hydrogens is 478 g/mol. The molecule has 1 amide bonds. The van der Waals surface area contributed by atoms with Crippen LogP contribution in [0.5, 0.6) is 17.2 Å². The molecule has 7 heteroatoms. The predicted molar refractivity (Wildman–Crippen MR) is 151 cm³/mol. The maximum Gasteiger partial charge on any atom is 0.254 e. The molecule has 0 spiro atoms. The van der Waals surface area contributed by atoms with E-state index in [1.807, 2.05) is 45.1 Å². The van der Waals surface area contributed by atoms with Crippen molar-refractivity contribution in [3.05, 3.63) is 52.9 Å². The van der Waals surface area contributed by atoms with Crippen LogP contribution >= 0.6 is 0 Å². The number of aryl methyl sites for hydroxylation is 1. The van der Waals surface area contributed by atoms with Gasteiger partial charge in [-0.1, -0.05) is 31.6 Å². The summed E-state index contributed by atoms with van der Waals surface area (Å²) in [5.74, 6) is 0.570. The van der Waals surface area contributed by atoms with Crippen LogP contribution in [0.25, 0.3) is 6.08 Å². The number of ether oxygens (including phenoxy) is 3. The number of benzene rings is 1. The van der Waals surface area contributed by atoms with Crippen LogP contribution in [0.3, 0.4) is 0 Å². The molecule has 1 aromatic carbocycles. The molecule has 0 radical (unpaired) electrons. The van der Waals surface area contributed by atoms with Gasteiger partial charge in [0.25, 0.3) is 5.91 Å². The topological polar surface area (TPSA) is 64.1 Å². The third-order valence-electron chi connectivity index (χ3n) is 7.42. The number of methoxy groups -OCH3 is 1. The summed E-state index contributed by atoms with van der Waals surface area (Å²) < 4.78 is 17.0. The maximum absolute atomic E-state index is 13.0. The second kappa shape index (κ2) is 12.2. The Morgan fingerprint density at radius 2 is 1.92 bits per heavy atom. The molecule has 38 heavy (non-hydrogen) atoms. The molecule has 1 saturated heterocycles. The summed E-state index contributed by atoms with van der Waals surface area (Å²) in [6.45, 7) is 10.9. The molecule has 2 aliphatic heterocycles. The van der Waals surface area contributed by atoms with E-state index in [0.717, 1.165) is 29.4 Å². The molecule has 1 aliphatic carbocycles. The zero-order valence-electron chi connectivity index (χ0n) is 23.9. The van der Waals surface area contributed by atoms with Crippen LogP contribution in [0.4, 0.5) is 0 Å². The monoisotopic (exact) mass is 521 g/mol. The minimum atomic E-state index is -0.793. The smallest absolute Gasteiger partial charge is 0.254 e. The fourth-order valence-corrected chi connectivity index (χ4v) is 5.21. The lowest BCUT2D eigenvalue weighted by Crippen LogP contribution is -2.37. The normalized spacial score (nSPS) is 18.2. The fraction of sp³-hybridized carbons (Fsp3) is 0.548. The Bertz CT molecular complexity index is 1150. The van der Waals surface area contributed by atoms with Gasteiger partial charge in [-0.25, -0.2) is 0 Å². The first-order valence-corrected chi connectivity index (χ1v) is 14.0. The van der Waals surface area contributed by atoms with Crippen molar-refractivity contribution in [2.45, 2.75) is 84.6 Å². The van der Waals surface area contributed by atoms with Crippen molar-refractivity contribution in [1.29, 1.82) is 0 Å². The van der Waals surface area contributed by atoms with Crippen LogP contribution in [-0.2, 0) is 13.0 Å². The van der Waals surface area contributed by atoms with Gasteiger partial charge in [0.1, 0.15) is 0 Å². The molecule has 5 rings (SSSR count). The minimum Gasteiger partial charge on any atom is -0.493 e. The number of hydrogen-bond acceptors (Lipinski definition) is 6. The Labute approximate surface area is 227 Å². The summed E-state index contributed by atoms with van der Waals surface area (Å²) in [6, 6.07) is 8.40. The van der Waals surface area contributed by atoms with Crippen molar-refractivity contribution >= 4 is 12.0 Å². The van der Waals surface area contributed by atoms with E-state index < -0.39 is 5.79 Å². The fourth-order valence-electron chi connectivity index (χ4n) is 5.21. The van der Waals surface area contributed by atoms with E-state index in [1.54, 1.807) is 31.2 Å². The van der Waals surface area contributed by atoms with Crippen molar-refractivity contribution in [3.8, 4) is 17.2 Å². The van der Waals surface area contributed by atoms with Gasteiger partial charge >= 0.3 is 0 Å².